The molecule has 0 saturated heterocycles. The van der Waals surface area contributed by atoms with Crippen molar-refractivity contribution in [3.8, 4) is 0 Å². The topological polar surface area (TPSA) is 41.3 Å². The van der Waals surface area contributed by atoms with Crippen LogP contribution in [0.15, 0.2) is 18.2 Å². The molecule has 1 aromatic rings. The van der Waals surface area contributed by atoms with Gasteiger partial charge in [-0.3, -0.25) is 0 Å². The number of hydrogen-bond donors (Lipinski definition) is 2. The second-order valence-electron chi connectivity index (χ2n) is 3.58. The van der Waals surface area contributed by atoms with E-state index in [1.165, 1.54) is 12.1 Å². The van der Waals surface area contributed by atoms with Crippen molar-refractivity contribution in [1.29, 1.82) is 0 Å². The molecule has 3 nitrogen and oxygen atoms in total. The van der Waals surface area contributed by atoms with E-state index in [1.54, 1.807) is 6.07 Å². The molecule has 84 valence electrons. The Morgan fingerprint density at radius 1 is 1.47 bits per heavy atom. The summed E-state index contributed by atoms with van der Waals surface area (Å²) in [6, 6.07) is 4.49. The van der Waals surface area contributed by atoms with Gasteiger partial charge in [0.15, 0.2) is 0 Å². The third-order valence-corrected chi connectivity index (χ3v) is 2.32. The first kappa shape index (κ1) is 11.8. The van der Waals surface area contributed by atoms with Gasteiger partial charge in [0.05, 0.1) is 11.4 Å². The van der Waals surface area contributed by atoms with E-state index in [2.05, 4.69) is 5.32 Å². The third-order valence-electron chi connectivity index (χ3n) is 2.32. The lowest BCUT2D eigenvalue weighted by atomic mass is 10.2. The van der Waals surface area contributed by atoms with Crippen molar-refractivity contribution < 1.29 is 4.39 Å². The van der Waals surface area contributed by atoms with Crippen LogP contribution in [-0.2, 0) is 0 Å². The minimum atomic E-state index is -0.292. The minimum Gasteiger partial charge on any atom is -0.397 e. The Balaban J connectivity index is 2.61. The van der Waals surface area contributed by atoms with Crippen LogP contribution >= 0.6 is 0 Å². The Labute approximate surface area is 90.1 Å². The van der Waals surface area contributed by atoms with Crippen molar-refractivity contribution >= 4 is 11.4 Å². The van der Waals surface area contributed by atoms with Crippen LogP contribution in [0.1, 0.15) is 6.42 Å². The lowest BCUT2D eigenvalue weighted by Crippen LogP contribution is -2.23. The fourth-order valence-electron chi connectivity index (χ4n) is 1.49. The van der Waals surface area contributed by atoms with Gasteiger partial charge in [-0.2, -0.15) is 0 Å². The first-order valence-corrected chi connectivity index (χ1v) is 5.06. The minimum absolute atomic E-state index is 0.292. The Morgan fingerprint density at radius 3 is 2.80 bits per heavy atom. The second kappa shape index (κ2) is 5.56. The Morgan fingerprint density at radius 2 is 2.20 bits per heavy atom. The molecule has 1 aromatic carbocycles. The standard InChI is InChI=1S/C11H18FN3/c1-14-6-3-7-15(2)11-5-4-9(12)8-10(11)13/h4-5,8,14H,3,6-7,13H2,1-2H3. The number of nitrogens with one attached hydrogen (secondary N) is 1. The molecule has 0 heterocycles. The van der Waals surface area contributed by atoms with Crippen LogP contribution < -0.4 is 16.0 Å². The molecule has 0 saturated carbocycles. The molecule has 0 aliphatic carbocycles. The molecule has 0 radical (unpaired) electrons. The van der Waals surface area contributed by atoms with Gasteiger partial charge in [0.2, 0.25) is 0 Å². The molecule has 0 aromatic heterocycles. The molecule has 3 N–H and O–H groups in total. The largest absolute Gasteiger partial charge is 0.397 e. The van der Waals surface area contributed by atoms with Crippen molar-refractivity contribution in [2.75, 3.05) is 37.8 Å². The summed E-state index contributed by atoms with van der Waals surface area (Å²) in [4.78, 5) is 2.03. The normalized spacial score (nSPS) is 10.3. The summed E-state index contributed by atoms with van der Waals surface area (Å²) in [6.07, 6.45) is 1.03. The van der Waals surface area contributed by atoms with Gasteiger partial charge in [-0.1, -0.05) is 0 Å². The van der Waals surface area contributed by atoms with Gasteiger partial charge in [-0.25, -0.2) is 4.39 Å². The third kappa shape index (κ3) is 3.40. The number of nitrogens with zero attached hydrogens (tertiary/aromatic N) is 1. The van der Waals surface area contributed by atoms with Gasteiger partial charge in [-0.05, 0) is 38.2 Å². The van der Waals surface area contributed by atoms with Gasteiger partial charge in [0.1, 0.15) is 5.82 Å². The zero-order chi connectivity index (χ0) is 11.3. The van der Waals surface area contributed by atoms with Crippen LogP contribution in [0.5, 0.6) is 0 Å². The Hall–Kier alpha value is -1.29. The van der Waals surface area contributed by atoms with Gasteiger partial charge in [0, 0.05) is 13.6 Å². The average molecular weight is 211 g/mol. The van der Waals surface area contributed by atoms with E-state index < -0.39 is 0 Å². The number of benzene rings is 1. The number of hydrogen-bond acceptors (Lipinski definition) is 3. The molecule has 0 spiro atoms. The first-order chi connectivity index (χ1) is 7.15. The number of nitrogens with two attached hydrogens (primary N) is 1. The van der Waals surface area contributed by atoms with Gasteiger partial charge >= 0.3 is 0 Å². The van der Waals surface area contributed by atoms with E-state index in [4.69, 9.17) is 5.73 Å². The van der Waals surface area contributed by atoms with E-state index in [0.717, 1.165) is 25.2 Å². The van der Waals surface area contributed by atoms with Gasteiger partial charge in [-0.15, -0.1) is 0 Å². The fraction of sp³-hybridized carbons (Fsp3) is 0.455. The molecule has 15 heavy (non-hydrogen) atoms. The van der Waals surface area contributed by atoms with Crippen molar-refractivity contribution in [3.63, 3.8) is 0 Å². The van der Waals surface area contributed by atoms with Crippen molar-refractivity contribution in [1.82, 2.24) is 5.32 Å². The maximum absolute atomic E-state index is 12.8. The number of nitrogen functional groups attached to an aromatic ring is 1. The Kier molecular flexibility index (Phi) is 4.37. The zero-order valence-electron chi connectivity index (χ0n) is 9.26. The first-order valence-electron chi connectivity index (χ1n) is 5.06. The molecule has 0 aliphatic rings. The molecule has 0 amide bonds. The zero-order valence-corrected chi connectivity index (χ0v) is 9.26. The number of rotatable bonds is 5. The second-order valence-corrected chi connectivity index (χ2v) is 3.58. The molecule has 0 bridgehead atoms. The molecule has 0 aliphatic heterocycles. The summed E-state index contributed by atoms with van der Waals surface area (Å²) in [5.41, 5.74) is 7.10. The van der Waals surface area contributed by atoms with Gasteiger partial charge in [0.25, 0.3) is 0 Å². The molecule has 0 unspecified atom stereocenters. The van der Waals surface area contributed by atoms with Crippen LogP contribution in [-0.4, -0.2) is 27.2 Å². The van der Waals surface area contributed by atoms with E-state index in [9.17, 15) is 4.39 Å². The van der Waals surface area contributed by atoms with E-state index >= 15 is 0 Å². The maximum Gasteiger partial charge on any atom is 0.125 e. The highest BCUT2D eigenvalue weighted by Crippen LogP contribution is 2.22. The molecule has 0 fully saturated rings. The monoisotopic (exact) mass is 211 g/mol. The average Bonchev–Trinajstić information content (AvgIpc) is 2.17. The van der Waals surface area contributed by atoms with Crippen molar-refractivity contribution in [2.45, 2.75) is 6.42 Å². The SMILES string of the molecule is CNCCCN(C)c1ccc(F)cc1N. The summed E-state index contributed by atoms with van der Waals surface area (Å²) >= 11 is 0. The summed E-state index contributed by atoms with van der Waals surface area (Å²) in [7, 11) is 3.88. The van der Waals surface area contributed by atoms with Crippen molar-refractivity contribution in [2.24, 2.45) is 0 Å². The predicted molar refractivity (Wildman–Crippen MR) is 62.6 cm³/mol. The molecule has 0 atom stereocenters. The molecule has 1 rings (SSSR count). The Bertz CT molecular complexity index is 315. The quantitative estimate of drug-likeness (QED) is 0.572. The summed E-state index contributed by atoms with van der Waals surface area (Å²) in [5, 5.41) is 3.08. The molecular weight excluding hydrogens is 193 g/mol. The predicted octanol–water partition coefficient (Wildman–Crippen LogP) is 1.45. The van der Waals surface area contributed by atoms with E-state index in [1.807, 2.05) is 19.0 Å². The number of halogens is 1. The smallest absolute Gasteiger partial charge is 0.125 e. The fourth-order valence-corrected chi connectivity index (χ4v) is 1.49. The van der Waals surface area contributed by atoms with Crippen LogP contribution in [0.4, 0.5) is 15.8 Å². The summed E-state index contributed by atoms with van der Waals surface area (Å²) in [5.74, 6) is -0.292. The highest BCUT2D eigenvalue weighted by atomic mass is 19.1. The lowest BCUT2D eigenvalue weighted by Gasteiger charge is -2.20. The van der Waals surface area contributed by atoms with E-state index in [0.29, 0.717) is 5.69 Å². The highest BCUT2D eigenvalue weighted by Gasteiger charge is 2.05. The van der Waals surface area contributed by atoms with E-state index in [-0.39, 0.29) is 5.82 Å². The van der Waals surface area contributed by atoms with Crippen LogP contribution in [0, 0.1) is 5.82 Å². The number of anilines is 2. The maximum atomic E-state index is 12.8. The van der Waals surface area contributed by atoms with Gasteiger partial charge < -0.3 is 16.0 Å². The highest BCUT2D eigenvalue weighted by molar-refractivity contribution is 5.67. The molecular formula is C11H18FN3. The lowest BCUT2D eigenvalue weighted by molar-refractivity contribution is 0.628. The van der Waals surface area contributed by atoms with Crippen LogP contribution in [0.25, 0.3) is 0 Å². The summed E-state index contributed by atoms with van der Waals surface area (Å²) in [6.45, 7) is 1.86. The van der Waals surface area contributed by atoms with Crippen LogP contribution in [0.2, 0.25) is 0 Å². The van der Waals surface area contributed by atoms with Crippen LogP contribution in [0.3, 0.4) is 0 Å². The molecule has 4 heteroatoms. The summed E-state index contributed by atoms with van der Waals surface area (Å²) < 4.78 is 12.8. The van der Waals surface area contributed by atoms with Crippen molar-refractivity contribution in [3.05, 3.63) is 24.0 Å².